The monoisotopic (exact) mass is 251 g/mol. The van der Waals surface area contributed by atoms with Crippen LogP contribution in [0.1, 0.15) is 31.9 Å². The Morgan fingerprint density at radius 2 is 1.82 bits per heavy atom. The van der Waals surface area contributed by atoms with Crippen molar-refractivity contribution < 1.29 is 0 Å². The molecule has 2 heteroatoms. The highest BCUT2D eigenvalue weighted by Gasteiger charge is 2.06. The predicted molar refractivity (Wildman–Crippen MR) is 78.9 cm³/mol. The fraction of sp³-hybridized carbons (Fsp3) is 0.600. The summed E-state index contributed by atoms with van der Waals surface area (Å²) < 4.78 is 0. The zero-order chi connectivity index (χ0) is 12.8. The van der Waals surface area contributed by atoms with Crippen molar-refractivity contribution in [3.63, 3.8) is 0 Å². The van der Waals surface area contributed by atoms with Gasteiger partial charge in [0.1, 0.15) is 0 Å². The molecule has 1 nitrogen and oxygen atoms in total. The van der Waals surface area contributed by atoms with Gasteiger partial charge in [0.25, 0.3) is 0 Å². The summed E-state index contributed by atoms with van der Waals surface area (Å²) in [5, 5.41) is 4.14. The highest BCUT2D eigenvalue weighted by Crippen LogP contribution is 2.26. The summed E-state index contributed by atoms with van der Waals surface area (Å²) in [7, 11) is 0. The van der Waals surface area contributed by atoms with Crippen molar-refractivity contribution in [1.82, 2.24) is 5.32 Å². The fourth-order valence-corrected chi connectivity index (χ4v) is 2.79. The third-order valence-corrected chi connectivity index (χ3v) is 3.92. The molecule has 0 aliphatic carbocycles. The molecule has 17 heavy (non-hydrogen) atoms. The number of rotatable bonds is 6. The number of hydrogen-bond donors (Lipinski definition) is 1. The number of aryl methyl sites for hydroxylation is 2. The largest absolute Gasteiger partial charge is 0.315 e. The Kier molecular flexibility index (Phi) is 6.07. The molecule has 0 heterocycles. The third kappa shape index (κ3) is 5.60. The van der Waals surface area contributed by atoms with E-state index in [2.05, 4.69) is 58.1 Å². The highest BCUT2D eigenvalue weighted by atomic mass is 32.2. The molecule has 0 aromatic heterocycles. The Hall–Kier alpha value is -0.470. The highest BCUT2D eigenvalue weighted by molar-refractivity contribution is 8.00. The third-order valence-electron chi connectivity index (χ3n) is 2.64. The van der Waals surface area contributed by atoms with Crippen LogP contribution in [0.3, 0.4) is 0 Å². The average Bonchev–Trinajstić information content (AvgIpc) is 2.21. The van der Waals surface area contributed by atoms with E-state index in [0.29, 0.717) is 5.25 Å². The van der Waals surface area contributed by atoms with Gasteiger partial charge in [-0.3, -0.25) is 0 Å². The van der Waals surface area contributed by atoms with Gasteiger partial charge < -0.3 is 5.32 Å². The van der Waals surface area contributed by atoms with Gasteiger partial charge in [-0.15, -0.1) is 11.8 Å². The molecule has 0 fully saturated rings. The summed E-state index contributed by atoms with van der Waals surface area (Å²) in [5.41, 5.74) is 2.74. The molecule has 0 saturated heterocycles. The molecule has 0 amide bonds. The van der Waals surface area contributed by atoms with Crippen LogP contribution in [0.5, 0.6) is 0 Å². The number of thioether (sulfide) groups is 1. The molecule has 0 saturated carbocycles. The first-order valence-corrected chi connectivity index (χ1v) is 7.31. The first kappa shape index (κ1) is 14.6. The first-order valence-electron chi connectivity index (χ1n) is 6.43. The molecule has 0 radical (unpaired) electrons. The quantitative estimate of drug-likeness (QED) is 0.766. The van der Waals surface area contributed by atoms with Crippen molar-refractivity contribution in [2.75, 3.05) is 13.1 Å². The number of nitrogens with one attached hydrogen (secondary N) is 1. The minimum atomic E-state index is 0.621. The van der Waals surface area contributed by atoms with E-state index in [4.69, 9.17) is 0 Å². The molecule has 1 N–H and O–H groups in total. The van der Waals surface area contributed by atoms with E-state index < -0.39 is 0 Å². The van der Waals surface area contributed by atoms with Crippen molar-refractivity contribution in [2.24, 2.45) is 5.92 Å². The molecule has 1 rings (SSSR count). The summed E-state index contributed by atoms with van der Waals surface area (Å²) in [6.07, 6.45) is 0. The van der Waals surface area contributed by atoms with E-state index in [0.717, 1.165) is 19.0 Å². The fourth-order valence-electron chi connectivity index (χ4n) is 1.77. The molecular formula is C15H25NS. The Labute approximate surface area is 110 Å². The van der Waals surface area contributed by atoms with E-state index in [9.17, 15) is 0 Å². The molecule has 0 aliphatic rings. The predicted octanol–water partition coefficient (Wildman–Crippen LogP) is 4.03. The number of hydrogen-bond acceptors (Lipinski definition) is 2. The first-order chi connectivity index (χ1) is 7.99. The van der Waals surface area contributed by atoms with E-state index in [1.807, 2.05) is 11.8 Å². The summed E-state index contributed by atoms with van der Waals surface area (Å²) in [4.78, 5) is 1.41. The van der Waals surface area contributed by atoms with Crippen LogP contribution < -0.4 is 5.32 Å². The molecule has 0 bridgehead atoms. The van der Waals surface area contributed by atoms with Crippen molar-refractivity contribution >= 4 is 11.8 Å². The van der Waals surface area contributed by atoms with Crippen LogP contribution in [0.25, 0.3) is 0 Å². The lowest BCUT2D eigenvalue weighted by atomic mass is 10.2. The van der Waals surface area contributed by atoms with Crippen LogP contribution in [0.15, 0.2) is 23.1 Å². The Morgan fingerprint density at radius 3 is 2.41 bits per heavy atom. The topological polar surface area (TPSA) is 12.0 Å². The molecule has 0 aliphatic heterocycles. The summed E-state index contributed by atoms with van der Waals surface area (Å²) in [6, 6.07) is 6.70. The Morgan fingerprint density at radius 1 is 1.12 bits per heavy atom. The van der Waals surface area contributed by atoms with Gasteiger partial charge in [0.05, 0.1) is 0 Å². The van der Waals surface area contributed by atoms with Crippen molar-refractivity contribution in [3.05, 3.63) is 29.3 Å². The maximum Gasteiger partial charge on any atom is 0.0191 e. The van der Waals surface area contributed by atoms with Crippen LogP contribution >= 0.6 is 11.8 Å². The maximum atomic E-state index is 3.51. The standard InChI is InChI=1S/C15H25NS/c1-11(2)9-16-10-14(5)17-15-7-6-12(3)8-13(15)4/h6-8,11,14,16H,9-10H2,1-5H3. The normalized spacial score (nSPS) is 13.1. The second kappa shape index (κ2) is 7.07. The molecule has 1 unspecified atom stereocenters. The van der Waals surface area contributed by atoms with Crippen LogP contribution in [-0.2, 0) is 0 Å². The molecule has 1 aromatic rings. The van der Waals surface area contributed by atoms with E-state index in [-0.39, 0.29) is 0 Å². The van der Waals surface area contributed by atoms with Gasteiger partial charge >= 0.3 is 0 Å². The van der Waals surface area contributed by atoms with Gasteiger partial charge in [-0.2, -0.15) is 0 Å². The van der Waals surface area contributed by atoms with Crippen LogP contribution in [-0.4, -0.2) is 18.3 Å². The van der Waals surface area contributed by atoms with Gasteiger partial charge in [0, 0.05) is 16.7 Å². The second-order valence-corrected chi connectivity index (χ2v) is 6.73. The Bertz CT molecular complexity index is 347. The minimum Gasteiger partial charge on any atom is -0.315 e. The van der Waals surface area contributed by atoms with Crippen LogP contribution in [0.4, 0.5) is 0 Å². The molecular weight excluding hydrogens is 226 g/mol. The lowest BCUT2D eigenvalue weighted by Gasteiger charge is -2.15. The van der Waals surface area contributed by atoms with Crippen molar-refractivity contribution in [3.8, 4) is 0 Å². The van der Waals surface area contributed by atoms with E-state index >= 15 is 0 Å². The van der Waals surface area contributed by atoms with Crippen molar-refractivity contribution in [1.29, 1.82) is 0 Å². The van der Waals surface area contributed by atoms with Gasteiger partial charge in [-0.25, -0.2) is 0 Å². The van der Waals surface area contributed by atoms with Gasteiger partial charge in [0.15, 0.2) is 0 Å². The van der Waals surface area contributed by atoms with Gasteiger partial charge in [-0.1, -0.05) is 38.5 Å². The zero-order valence-corrected chi connectivity index (χ0v) is 12.5. The maximum absolute atomic E-state index is 3.51. The summed E-state index contributed by atoms with van der Waals surface area (Å²) >= 11 is 1.97. The van der Waals surface area contributed by atoms with E-state index in [1.54, 1.807) is 0 Å². The molecule has 1 aromatic carbocycles. The molecule has 0 spiro atoms. The summed E-state index contributed by atoms with van der Waals surface area (Å²) in [5.74, 6) is 0.730. The number of benzene rings is 1. The second-order valence-electron chi connectivity index (χ2n) is 5.25. The minimum absolute atomic E-state index is 0.621. The van der Waals surface area contributed by atoms with Gasteiger partial charge in [0.2, 0.25) is 0 Å². The van der Waals surface area contributed by atoms with Crippen LogP contribution in [0.2, 0.25) is 0 Å². The van der Waals surface area contributed by atoms with Crippen molar-refractivity contribution in [2.45, 2.75) is 44.8 Å². The average molecular weight is 251 g/mol. The Balaban J connectivity index is 2.42. The summed E-state index contributed by atoms with van der Waals surface area (Å²) in [6.45, 7) is 13.3. The molecule has 1 atom stereocenters. The zero-order valence-electron chi connectivity index (χ0n) is 11.7. The van der Waals surface area contributed by atoms with Crippen LogP contribution in [0, 0.1) is 19.8 Å². The molecule has 96 valence electrons. The lowest BCUT2D eigenvalue weighted by molar-refractivity contribution is 0.554. The lowest BCUT2D eigenvalue weighted by Crippen LogP contribution is -2.26. The SMILES string of the molecule is Cc1ccc(SC(C)CNCC(C)C)c(C)c1. The van der Waals surface area contributed by atoms with E-state index in [1.165, 1.54) is 16.0 Å². The smallest absolute Gasteiger partial charge is 0.0191 e. The van der Waals surface area contributed by atoms with Gasteiger partial charge in [-0.05, 0) is 37.9 Å².